The molecule has 4 heterocycles. The van der Waals surface area contributed by atoms with E-state index in [0.717, 1.165) is 32.7 Å². The van der Waals surface area contributed by atoms with Crippen molar-refractivity contribution < 1.29 is 14.3 Å². The Kier molecular flexibility index (Phi) is 8.50. The van der Waals surface area contributed by atoms with Crippen molar-refractivity contribution in [1.82, 2.24) is 14.4 Å². The van der Waals surface area contributed by atoms with Crippen LogP contribution >= 0.6 is 15.9 Å². The van der Waals surface area contributed by atoms with Gasteiger partial charge in [0.25, 0.3) is 0 Å². The van der Waals surface area contributed by atoms with Gasteiger partial charge in [0.05, 0.1) is 30.4 Å². The molecule has 0 radical (unpaired) electrons. The van der Waals surface area contributed by atoms with Crippen molar-refractivity contribution in [2.75, 3.05) is 18.5 Å². The Hall–Kier alpha value is -4.08. The summed E-state index contributed by atoms with van der Waals surface area (Å²) in [7, 11) is 0. The number of rotatable bonds is 7. The zero-order valence-electron chi connectivity index (χ0n) is 21.3. The van der Waals surface area contributed by atoms with Crippen LogP contribution in [0.3, 0.4) is 0 Å². The molecule has 2 atom stereocenters. The lowest BCUT2D eigenvalue weighted by Crippen LogP contribution is -2.33. The summed E-state index contributed by atoms with van der Waals surface area (Å²) in [6, 6.07) is 11.8. The van der Waals surface area contributed by atoms with E-state index < -0.39 is 5.60 Å². The molecule has 11 heteroatoms. The van der Waals surface area contributed by atoms with Gasteiger partial charge in [-0.2, -0.15) is 0 Å². The first-order valence-electron chi connectivity index (χ1n) is 12.1. The van der Waals surface area contributed by atoms with Gasteiger partial charge in [0.1, 0.15) is 17.0 Å². The van der Waals surface area contributed by atoms with E-state index in [1.807, 2.05) is 37.4 Å². The van der Waals surface area contributed by atoms with Gasteiger partial charge < -0.3 is 19.2 Å². The van der Waals surface area contributed by atoms with Crippen LogP contribution < -0.4 is 10.1 Å². The highest BCUT2D eigenvalue weighted by Gasteiger charge is 2.36. The molecule has 0 spiro atoms. The Bertz CT molecular complexity index is 1470. The first-order chi connectivity index (χ1) is 18.3. The molecule has 5 rings (SSSR count). The highest BCUT2D eigenvalue weighted by molar-refractivity contribution is 9.10. The van der Waals surface area contributed by atoms with Crippen molar-refractivity contribution >= 4 is 33.2 Å². The fourth-order valence-electron chi connectivity index (χ4n) is 4.22. The third-order valence-electron chi connectivity index (χ3n) is 5.93. The molecule has 1 aliphatic rings. The predicted octanol–water partition coefficient (Wildman–Crippen LogP) is 6.53. The summed E-state index contributed by atoms with van der Waals surface area (Å²) in [5.41, 5.74) is 12.5. The molecule has 10 nitrogen and oxygen atoms in total. The average molecular weight is 578 g/mol. The van der Waals surface area contributed by atoms with Crippen LogP contribution in [0.5, 0.6) is 5.75 Å². The van der Waals surface area contributed by atoms with Crippen LogP contribution in [0.15, 0.2) is 77.0 Å². The number of halogens is 1. The summed E-state index contributed by atoms with van der Waals surface area (Å²) < 4.78 is 13.9. The molecular weight excluding hydrogens is 550 g/mol. The van der Waals surface area contributed by atoms with Crippen molar-refractivity contribution in [2.45, 2.75) is 38.8 Å². The molecular formula is C27H28BrN7O3. The monoisotopic (exact) mass is 577 g/mol. The zero-order chi connectivity index (χ0) is 27.1. The fraction of sp³-hybridized carbons (Fsp3) is 0.296. The molecule has 3 aromatic heterocycles. The van der Waals surface area contributed by atoms with Crippen molar-refractivity contribution in [1.29, 1.82) is 0 Å². The Balaban J connectivity index is 0.000000204. The van der Waals surface area contributed by atoms with Gasteiger partial charge in [-0.15, -0.1) is 0 Å². The minimum Gasteiger partial charge on any atom is -0.486 e. The topological polar surface area (TPSA) is 127 Å². The molecule has 1 aliphatic heterocycles. The molecule has 38 heavy (non-hydrogen) atoms. The minimum absolute atomic E-state index is 0.0438. The molecule has 0 bridgehead atoms. The maximum atomic E-state index is 11.3. The van der Waals surface area contributed by atoms with E-state index in [-0.39, 0.29) is 12.0 Å². The molecule has 0 saturated heterocycles. The number of anilines is 1. The summed E-state index contributed by atoms with van der Waals surface area (Å²) in [5.74, 6) is 0.535. The molecule has 0 saturated carbocycles. The van der Waals surface area contributed by atoms with Gasteiger partial charge in [-0.25, -0.2) is 9.78 Å². The van der Waals surface area contributed by atoms with E-state index in [1.54, 1.807) is 29.9 Å². The van der Waals surface area contributed by atoms with Gasteiger partial charge in [0, 0.05) is 52.4 Å². The molecule has 1 aromatic carbocycles. The Morgan fingerprint density at radius 2 is 2.21 bits per heavy atom. The number of nitrogens with zero attached hydrogens (tertiary/aromatic N) is 6. The van der Waals surface area contributed by atoms with Crippen LogP contribution in [0.25, 0.3) is 16.1 Å². The van der Waals surface area contributed by atoms with Gasteiger partial charge >= 0.3 is 5.97 Å². The lowest BCUT2D eigenvalue weighted by atomic mass is 9.97. The smallest absolute Gasteiger partial charge is 0.341 e. The highest BCUT2D eigenvalue weighted by atomic mass is 79.9. The summed E-state index contributed by atoms with van der Waals surface area (Å²) in [6.45, 7) is 6.52. The average Bonchev–Trinajstić information content (AvgIpc) is 3.51. The summed E-state index contributed by atoms with van der Waals surface area (Å²) >= 11 is 3.58. The van der Waals surface area contributed by atoms with Crippen molar-refractivity contribution in [2.24, 2.45) is 5.11 Å². The summed E-state index contributed by atoms with van der Waals surface area (Å²) in [4.78, 5) is 22.4. The number of ether oxygens (including phenoxy) is 2. The van der Waals surface area contributed by atoms with Crippen LogP contribution in [0.4, 0.5) is 5.69 Å². The Labute approximate surface area is 228 Å². The number of carbonyl (C=O) groups is 1. The molecule has 196 valence electrons. The molecule has 1 unspecified atom stereocenters. The number of hydrogen-bond acceptors (Lipinski definition) is 7. The Morgan fingerprint density at radius 1 is 1.37 bits per heavy atom. The Morgan fingerprint density at radius 3 is 2.95 bits per heavy atom. The largest absolute Gasteiger partial charge is 0.486 e. The van der Waals surface area contributed by atoms with Gasteiger partial charge in [-0.3, -0.25) is 4.98 Å². The van der Waals surface area contributed by atoms with Crippen LogP contribution in [0.2, 0.25) is 0 Å². The number of esters is 1. The first kappa shape index (κ1) is 27.0. The number of azide groups is 1. The third-order valence-corrected chi connectivity index (χ3v) is 6.39. The van der Waals surface area contributed by atoms with Gasteiger partial charge in [-0.05, 0) is 68.3 Å². The maximum absolute atomic E-state index is 11.3. The SMILES string of the molecule is CCOC(=O)c1cnc2cccn2c1.C[C@@H](Nc1cccnc1)c1cc(Br)cc2c1OC(C)(CN=[N+]=[N-])C2. The first-order valence-corrected chi connectivity index (χ1v) is 12.9. The number of nitrogens with one attached hydrogen (secondary N) is 1. The van der Waals surface area contributed by atoms with Gasteiger partial charge in [-0.1, -0.05) is 21.0 Å². The molecule has 0 amide bonds. The number of aromatic nitrogens is 3. The van der Waals surface area contributed by atoms with E-state index in [1.165, 1.54) is 6.20 Å². The second-order valence-corrected chi connectivity index (χ2v) is 9.96. The summed E-state index contributed by atoms with van der Waals surface area (Å²) in [6.07, 6.45) is 9.32. The zero-order valence-corrected chi connectivity index (χ0v) is 22.9. The fourth-order valence-corrected chi connectivity index (χ4v) is 4.75. The number of benzene rings is 1. The van der Waals surface area contributed by atoms with Crippen LogP contribution in [-0.2, 0) is 11.2 Å². The maximum Gasteiger partial charge on any atom is 0.341 e. The second kappa shape index (κ2) is 12.0. The number of hydrogen-bond donors (Lipinski definition) is 1. The van der Waals surface area contributed by atoms with Crippen molar-refractivity contribution in [3.63, 3.8) is 0 Å². The standard InChI is InChI=1S/C17H18BrN5O.C10H10N2O2/c1-11(22-14-4-3-5-20-9-14)15-7-13(18)6-12-8-17(2,10-21-23-19)24-16(12)15;1-2-14-10(13)8-6-11-9-4-3-5-12(9)7-8/h3-7,9,11,22H,8,10H2,1-2H3;3-7H,2H2,1H3/t11-,17?;/m1./s1. The van der Waals surface area contributed by atoms with E-state index in [4.69, 9.17) is 15.0 Å². The second-order valence-electron chi connectivity index (χ2n) is 9.05. The van der Waals surface area contributed by atoms with Gasteiger partial charge in [0.15, 0.2) is 0 Å². The van der Waals surface area contributed by atoms with E-state index in [0.29, 0.717) is 25.1 Å². The lowest BCUT2D eigenvalue weighted by Gasteiger charge is -2.23. The number of fused-ring (bicyclic) bond motifs is 2. The highest BCUT2D eigenvalue weighted by Crippen LogP contribution is 2.42. The number of carbonyl (C=O) groups excluding carboxylic acids is 1. The number of pyridine rings is 1. The normalized spacial score (nSPS) is 16.3. The lowest BCUT2D eigenvalue weighted by molar-refractivity contribution is 0.0525. The van der Waals surface area contributed by atoms with E-state index in [2.05, 4.69) is 60.3 Å². The van der Waals surface area contributed by atoms with E-state index in [9.17, 15) is 4.79 Å². The van der Waals surface area contributed by atoms with Crippen LogP contribution in [0.1, 0.15) is 48.3 Å². The van der Waals surface area contributed by atoms with Crippen LogP contribution in [0, 0.1) is 0 Å². The minimum atomic E-state index is -0.502. The summed E-state index contributed by atoms with van der Waals surface area (Å²) in [5, 5.41) is 7.13. The van der Waals surface area contributed by atoms with Gasteiger partial charge in [0.2, 0.25) is 0 Å². The van der Waals surface area contributed by atoms with Crippen molar-refractivity contribution in [3.8, 4) is 5.75 Å². The molecule has 0 aliphatic carbocycles. The molecule has 4 aromatic rings. The van der Waals surface area contributed by atoms with Crippen LogP contribution in [-0.4, -0.2) is 39.1 Å². The molecule has 0 fully saturated rings. The van der Waals surface area contributed by atoms with Crippen molar-refractivity contribution in [3.05, 3.63) is 99.0 Å². The van der Waals surface area contributed by atoms with E-state index >= 15 is 0 Å². The predicted molar refractivity (Wildman–Crippen MR) is 148 cm³/mol. The molecule has 1 N–H and O–H groups in total. The third kappa shape index (κ3) is 6.42. The quantitative estimate of drug-likeness (QED) is 0.115.